The molecule has 1 N–H and O–H groups in total. The fraction of sp³-hybridized carbons (Fsp3) is 0.833. The zero-order chi connectivity index (χ0) is 11.0. The minimum atomic E-state index is 0.323. The molecule has 0 amide bonds. The Morgan fingerprint density at radius 1 is 1.50 bits per heavy atom. The molecule has 0 saturated carbocycles. The van der Waals surface area contributed by atoms with E-state index in [1.165, 1.54) is 12.0 Å². The van der Waals surface area contributed by atoms with Crippen LogP contribution >= 0.6 is 0 Å². The molecule has 0 radical (unpaired) electrons. The summed E-state index contributed by atoms with van der Waals surface area (Å²) in [5.74, 6) is 0. The second-order valence-electron chi connectivity index (χ2n) is 4.09. The fourth-order valence-electron chi connectivity index (χ4n) is 1.50. The van der Waals surface area contributed by atoms with E-state index in [9.17, 15) is 0 Å². The molecule has 2 nitrogen and oxygen atoms in total. The summed E-state index contributed by atoms with van der Waals surface area (Å²) in [5, 5.41) is 3.53. The van der Waals surface area contributed by atoms with Crippen molar-refractivity contribution >= 4 is 0 Å². The van der Waals surface area contributed by atoms with E-state index in [0.29, 0.717) is 12.1 Å². The van der Waals surface area contributed by atoms with Gasteiger partial charge in [-0.1, -0.05) is 12.5 Å². The molecule has 0 saturated heterocycles. The zero-order valence-electron chi connectivity index (χ0n) is 10.1. The Morgan fingerprint density at radius 2 is 2.14 bits per heavy atom. The molecular formula is C12H25NO. The highest BCUT2D eigenvalue weighted by Gasteiger charge is 2.11. The summed E-state index contributed by atoms with van der Waals surface area (Å²) in [6, 6.07) is 0.516. The van der Waals surface area contributed by atoms with E-state index in [-0.39, 0.29) is 0 Å². The molecule has 0 rings (SSSR count). The van der Waals surface area contributed by atoms with Crippen molar-refractivity contribution in [3.05, 3.63) is 12.2 Å². The SMILES string of the molecule is C=C(C)CC(CC(C)OC)NCCC. The second kappa shape index (κ2) is 8.01. The average Bonchev–Trinajstić information content (AvgIpc) is 2.13. The maximum absolute atomic E-state index is 5.27. The lowest BCUT2D eigenvalue weighted by Gasteiger charge is -2.21. The van der Waals surface area contributed by atoms with Crippen LogP contribution in [0.4, 0.5) is 0 Å². The van der Waals surface area contributed by atoms with Crippen LogP contribution in [-0.2, 0) is 4.74 Å². The van der Waals surface area contributed by atoms with Crippen molar-refractivity contribution in [3.63, 3.8) is 0 Å². The van der Waals surface area contributed by atoms with Gasteiger partial charge in [0.05, 0.1) is 6.10 Å². The topological polar surface area (TPSA) is 21.3 Å². The lowest BCUT2D eigenvalue weighted by molar-refractivity contribution is 0.100. The van der Waals surface area contributed by atoms with Crippen molar-refractivity contribution in [2.24, 2.45) is 0 Å². The van der Waals surface area contributed by atoms with E-state index in [1.807, 2.05) is 0 Å². The Labute approximate surface area is 88.7 Å². The number of rotatable bonds is 8. The third-order valence-electron chi connectivity index (χ3n) is 2.30. The Hall–Kier alpha value is -0.340. The van der Waals surface area contributed by atoms with Crippen molar-refractivity contribution in [2.75, 3.05) is 13.7 Å². The summed E-state index contributed by atoms with van der Waals surface area (Å²) < 4.78 is 5.27. The highest BCUT2D eigenvalue weighted by atomic mass is 16.5. The van der Waals surface area contributed by atoms with Crippen molar-refractivity contribution in [1.82, 2.24) is 5.32 Å². The van der Waals surface area contributed by atoms with Crippen LogP contribution in [0.2, 0.25) is 0 Å². The van der Waals surface area contributed by atoms with E-state index < -0.39 is 0 Å². The van der Waals surface area contributed by atoms with Gasteiger partial charge in [0, 0.05) is 13.2 Å². The molecule has 0 aromatic carbocycles. The summed E-state index contributed by atoms with van der Waals surface area (Å²) in [4.78, 5) is 0. The predicted molar refractivity (Wildman–Crippen MR) is 62.6 cm³/mol. The van der Waals surface area contributed by atoms with Crippen LogP contribution in [0.5, 0.6) is 0 Å². The Morgan fingerprint density at radius 3 is 2.57 bits per heavy atom. The number of hydrogen-bond acceptors (Lipinski definition) is 2. The standard InChI is InChI=1S/C12H25NO/c1-6-7-13-12(8-10(2)3)9-11(4)14-5/h11-13H,2,6-9H2,1,3-5H3. The van der Waals surface area contributed by atoms with Gasteiger partial charge in [-0.25, -0.2) is 0 Å². The van der Waals surface area contributed by atoms with Gasteiger partial charge in [0.2, 0.25) is 0 Å². The Balaban J connectivity index is 3.89. The molecule has 0 aromatic heterocycles. The quantitative estimate of drug-likeness (QED) is 0.607. The van der Waals surface area contributed by atoms with Crippen LogP contribution < -0.4 is 5.32 Å². The monoisotopic (exact) mass is 199 g/mol. The molecular weight excluding hydrogens is 174 g/mol. The van der Waals surface area contributed by atoms with Crippen LogP contribution in [0, 0.1) is 0 Å². The molecule has 2 unspecified atom stereocenters. The third-order valence-corrected chi connectivity index (χ3v) is 2.30. The highest BCUT2D eigenvalue weighted by Crippen LogP contribution is 2.09. The molecule has 0 aliphatic carbocycles. The number of ether oxygens (including phenoxy) is 1. The molecule has 2 atom stereocenters. The Kier molecular flexibility index (Phi) is 7.81. The van der Waals surface area contributed by atoms with Crippen LogP contribution in [0.1, 0.15) is 40.0 Å². The van der Waals surface area contributed by atoms with Gasteiger partial charge in [-0.15, -0.1) is 6.58 Å². The maximum atomic E-state index is 5.27. The van der Waals surface area contributed by atoms with Crippen LogP contribution in [-0.4, -0.2) is 25.8 Å². The minimum absolute atomic E-state index is 0.323. The predicted octanol–water partition coefficient (Wildman–Crippen LogP) is 2.75. The lowest BCUT2D eigenvalue weighted by Crippen LogP contribution is -2.33. The molecule has 0 heterocycles. The van der Waals surface area contributed by atoms with Gasteiger partial charge in [-0.2, -0.15) is 0 Å². The molecule has 0 aliphatic heterocycles. The van der Waals surface area contributed by atoms with Gasteiger partial charge in [-0.05, 0) is 39.7 Å². The van der Waals surface area contributed by atoms with Gasteiger partial charge >= 0.3 is 0 Å². The normalized spacial score (nSPS) is 15.1. The molecule has 0 bridgehead atoms. The summed E-state index contributed by atoms with van der Waals surface area (Å²) in [6.07, 6.45) is 3.61. The largest absolute Gasteiger partial charge is 0.382 e. The first-order valence-electron chi connectivity index (χ1n) is 5.50. The van der Waals surface area contributed by atoms with Crippen molar-refractivity contribution in [3.8, 4) is 0 Å². The molecule has 0 fully saturated rings. The Bertz CT molecular complexity index is 156. The van der Waals surface area contributed by atoms with Gasteiger partial charge < -0.3 is 10.1 Å². The summed E-state index contributed by atoms with van der Waals surface area (Å²) in [7, 11) is 1.77. The van der Waals surface area contributed by atoms with Gasteiger partial charge in [-0.3, -0.25) is 0 Å². The highest BCUT2D eigenvalue weighted by molar-refractivity contribution is 4.93. The summed E-state index contributed by atoms with van der Waals surface area (Å²) in [6.45, 7) is 11.4. The van der Waals surface area contributed by atoms with Crippen molar-refractivity contribution in [1.29, 1.82) is 0 Å². The zero-order valence-corrected chi connectivity index (χ0v) is 10.1. The number of methoxy groups -OCH3 is 1. The minimum Gasteiger partial charge on any atom is -0.382 e. The molecule has 0 aliphatic rings. The van der Waals surface area contributed by atoms with Gasteiger partial charge in [0.25, 0.3) is 0 Å². The van der Waals surface area contributed by atoms with E-state index in [4.69, 9.17) is 4.74 Å². The van der Waals surface area contributed by atoms with E-state index in [1.54, 1.807) is 7.11 Å². The molecule has 14 heavy (non-hydrogen) atoms. The van der Waals surface area contributed by atoms with Gasteiger partial charge in [0.1, 0.15) is 0 Å². The first-order valence-corrected chi connectivity index (χ1v) is 5.50. The van der Waals surface area contributed by atoms with Crippen LogP contribution in [0.15, 0.2) is 12.2 Å². The second-order valence-corrected chi connectivity index (χ2v) is 4.09. The molecule has 84 valence electrons. The summed E-state index contributed by atoms with van der Waals surface area (Å²) >= 11 is 0. The van der Waals surface area contributed by atoms with Crippen LogP contribution in [0.3, 0.4) is 0 Å². The third kappa shape index (κ3) is 7.10. The maximum Gasteiger partial charge on any atom is 0.0558 e. The first kappa shape index (κ1) is 13.7. The smallest absolute Gasteiger partial charge is 0.0558 e. The van der Waals surface area contributed by atoms with Crippen LogP contribution in [0.25, 0.3) is 0 Å². The first-order chi connectivity index (χ1) is 6.60. The van der Waals surface area contributed by atoms with Gasteiger partial charge in [0.15, 0.2) is 0 Å². The lowest BCUT2D eigenvalue weighted by atomic mass is 10.0. The average molecular weight is 199 g/mol. The molecule has 2 heteroatoms. The van der Waals surface area contributed by atoms with E-state index in [0.717, 1.165) is 19.4 Å². The molecule has 0 spiro atoms. The van der Waals surface area contributed by atoms with E-state index >= 15 is 0 Å². The van der Waals surface area contributed by atoms with Crippen molar-refractivity contribution < 1.29 is 4.74 Å². The fourth-order valence-corrected chi connectivity index (χ4v) is 1.50. The number of nitrogens with one attached hydrogen (secondary N) is 1. The van der Waals surface area contributed by atoms with E-state index in [2.05, 4.69) is 32.7 Å². The molecule has 0 aromatic rings. The number of hydrogen-bond donors (Lipinski definition) is 1. The van der Waals surface area contributed by atoms with Crippen molar-refractivity contribution in [2.45, 2.75) is 52.2 Å². The summed E-state index contributed by atoms with van der Waals surface area (Å²) in [5.41, 5.74) is 1.24.